The maximum Gasteiger partial charge on any atom is 0.119 e. The molecule has 2 aromatic rings. The Labute approximate surface area is 114 Å². The van der Waals surface area contributed by atoms with Gasteiger partial charge in [0.15, 0.2) is 0 Å². The van der Waals surface area contributed by atoms with E-state index in [-0.39, 0.29) is 0 Å². The molecular weight excluding hydrogens is 234 g/mol. The van der Waals surface area contributed by atoms with Crippen LogP contribution < -0.4 is 10.1 Å². The molecule has 2 heteroatoms. The molecule has 1 fully saturated rings. The Morgan fingerprint density at radius 1 is 1.00 bits per heavy atom. The van der Waals surface area contributed by atoms with Crippen LogP contribution in [0, 0.1) is 0 Å². The monoisotopic (exact) mass is 253 g/mol. The van der Waals surface area contributed by atoms with Gasteiger partial charge in [-0.3, -0.25) is 0 Å². The van der Waals surface area contributed by atoms with Gasteiger partial charge in [-0.1, -0.05) is 42.5 Å². The predicted octanol–water partition coefficient (Wildman–Crippen LogP) is 3.51. The highest BCUT2D eigenvalue weighted by Crippen LogP contribution is 2.38. The van der Waals surface area contributed by atoms with Gasteiger partial charge in [0.2, 0.25) is 0 Å². The van der Waals surface area contributed by atoms with Crippen molar-refractivity contribution in [3.8, 4) is 5.75 Å². The van der Waals surface area contributed by atoms with Crippen LogP contribution in [-0.2, 0) is 0 Å². The van der Waals surface area contributed by atoms with Crippen LogP contribution in [0.25, 0.3) is 0 Å². The topological polar surface area (TPSA) is 21.3 Å². The van der Waals surface area contributed by atoms with Gasteiger partial charge in [0, 0.05) is 12.0 Å². The normalized spacial score (nSPS) is 22.4. The summed E-state index contributed by atoms with van der Waals surface area (Å²) in [5.41, 5.74) is 2.73. The number of hydrogen-bond donors (Lipinski definition) is 1. The van der Waals surface area contributed by atoms with Crippen LogP contribution in [0.15, 0.2) is 54.6 Å². The lowest BCUT2D eigenvalue weighted by molar-refractivity contribution is 0.413. The number of rotatable bonds is 3. The fourth-order valence-electron chi connectivity index (χ4n) is 2.95. The van der Waals surface area contributed by atoms with E-state index in [4.69, 9.17) is 4.74 Å². The van der Waals surface area contributed by atoms with Crippen molar-refractivity contribution in [2.45, 2.75) is 18.4 Å². The zero-order valence-electron chi connectivity index (χ0n) is 11.2. The zero-order valence-corrected chi connectivity index (χ0v) is 11.2. The first-order chi connectivity index (χ1) is 9.38. The average molecular weight is 253 g/mol. The molecule has 0 spiro atoms. The van der Waals surface area contributed by atoms with E-state index >= 15 is 0 Å². The van der Waals surface area contributed by atoms with E-state index in [0.717, 1.165) is 12.3 Å². The second kappa shape index (κ2) is 5.45. The number of methoxy groups -OCH3 is 1. The molecule has 0 bridgehead atoms. The van der Waals surface area contributed by atoms with Crippen LogP contribution in [0.2, 0.25) is 0 Å². The summed E-state index contributed by atoms with van der Waals surface area (Å²) in [6.07, 6.45) is 1.19. The van der Waals surface area contributed by atoms with Gasteiger partial charge < -0.3 is 10.1 Å². The third-order valence-corrected chi connectivity index (χ3v) is 3.90. The van der Waals surface area contributed by atoms with Crippen molar-refractivity contribution >= 4 is 0 Å². The van der Waals surface area contributed by atoms with Crippen molar-refractivity contribution in [3.05, 3.63) is 65.7 Å². The molecule has 0 aliphatic carbocycles. The highest BCUT2D eigenvalue weighted by Gasteiger charge is 2.29. The van der Waals surface area contributed by atoms with E-state index in [0.29, 0.717) is 12.0 Å². The summed E-state index contributed by atoms with van der Waals surface area (Å²) in [6, 6.07) is 19.5. The maximum atomic E-state index is 5.33. The highest BCUT2D eigenvalue weighted by atomic mass is 16.5. The second-order valence-corrected chi connectivity index (χ2v) is 5.01. The van der Waals surface area contributed by atoms with Crippen LogP contribution in [0.1, 0.15) is 29.5 Å². The molecule has 1 saturated heterocycles. The van der Waals surface area contributed by atoms with Crippen LogP contribution >= 0.6 is 0 Å². The van der Waals surface area contributed by atoms with E-state index in [1.165, 1.54) is 17.5 Å². The largest absolute Gasteiger partial charge is 0.497 e. The summed E-state index contributed by atoms with van der Waals surface area (Å²) in [6.45, 7) is 1.07. The molecule has 2 aromatic carbocycles. The van der Waals surface area contributed by atoms with Gasteiger partial charge in [0.1, 0.15) is 5.75 Å². The minimum absolute atomic E-state index is 0.387. The van der Waals surface area contributed by atoms with Gasteiger partial charge in [-0.2, -0.15) is 0 Å². The molecule has 0 unspecified atom stereocenters. The van der Waals surface area contributed by atoms with E-state index < -0.39 is 0 Å². The molecule has 1 N–H and O–H groups in total. The number of nitrogens with one attached hydrogen (secondary N) is 1. The van der Waals surface area contributed by atoms with Gasteiger partial charge in [0.25, 0.3) is 0 Å². The molecule has 1 aliphatic heterocycles. The summed E-state index contributed by atoms with van der Waals surface area (Å²) in [5.74, 6) is 1.48. The van der Waals surface area contributed by atoms with E-state index in [9.17, 15) is 0 Å². The predicted molar refractivity (Wildman–Crippen MR) is 77.5 cm³/mol. The Bertz CT molecular complexity index is 538. The number of benzene rings is 2. The smallest absolute Gasteiger partial charge is 0.119 e. The number of ether oxygens (including phenoxy) is 1. The summed E-state index contributed by atoms with van der Waals surface area (Å²) in [4.78, 5) is 0. The molecule has 2 nitrogen and oxygen atoms in total. The van der Waals surface area contributed by atoms with Crippen molar-refractivity contribution in [2.75, 3.05) is 13.7 Å². The molecular formula is C17H19NO. The Morgan fingerprint density at radius 2 is 1.79 bits per heavy atom. The minimum atomic E-state index is 0.387. The van der Waals surface area contributed by atoms with E-state index in [1.807, 2.05) is 6.07 Å². The Hall–Kier alpha value is -1.80. The van der Waals surface area contributed by atoms with Crippen LogP contribution in [0.4, 0.5) is 0 Å². The lowest BCUT2D eigenvalue weighted by Crippen LogP contribution is -2.17. The van der Waals surface area contributed by atoms with E-state index in [2.05, 4.69) is 53.8 Å². The van der Waals surface area contributed by atoms with Crippen LogP contribution in [0.3, 0.4) is 0 Å². The molecule has 1 heterocycles. The summed E-state index contributed by atoms with van der Waals surface area (Å²) in [5, 5.41) is 3.62. The van der Waals surface area contributed by atoms with Crippen LogP contribution in [0.5, 0.6) is 5.75 Å². The van der Waals surface area contributed by atoms with Crippen molar-refractivity contribution in [1.82, 2.24) is 5.32 Å². The standard InChI is InChI=1S/C17H19NO/c1-19-15-9-5-8-14(12-15)17-16(10-11-18-17)13-6-3-2-4-7-13/h2-9,12,16-18H,10-11H2,1H3/t16-,17+/m0/s1. The average Bonchev–Trinajstić information content (AvgIpc) is 2.98. The molecule has 19 heavy (non-hydrogen) atoms. The summed E-state index contributed by atoms with van der Waals surface area (Å²) >= 11 is 0. The van der Waals surface area contributed by atoms with Gasteiger partial charge in [-0.25, -0.2) is 0 Å². The van der Waals surface area contributed by atoms with Crippen molar-refractivity contribution in [3.63, 3.8) is 0 Å². The summed E-state index contributed by atoms with van der Waals surface area (Å²) in [7, 11) is 1.72. The lowest BCUT2D eigenvalue weighted by Gasteiger charge is -2.21. The molecule has 1 aliphatic rings. The van der Waals surface area contributed by atoms with Gasteiger partial charge in [-0.05, 0) is 36.2 Å². The summed E-state index contributed by atoms with van der Waals surface area (Å²) < 4.78 is 5.33. The third-order valence-electron chi connectivity index (χ3n) is 3.90. The van der Waals surface area contributed by atoms with Crippen molar-refractivity contribution in [2.24, 2.45) is 0 Å². The van der Waals surface area contributed by atoms with Crippen molar-refractivity contribution < 1.29 is 4.74 Å². The Balaban J connectivity index is 1.90. The molecule has 0 radical (unpaired) electrons. The minimum Gasteiger partial charge on any atom is -0.497 e. The molecule has 0 amide bonds. The van der Waals surface area contributed by atoms with Crippen molar-refractivity contribution in [1.29, 1.82) is 0 Å². The van der Waals surface area contributed by atoms with Gasteiger partial charge in [0.05, 0.1) is 7.11 Å². The molecule has 98 valence electrons. The fourth-order valence-corrected chi connectivity index (χ4v) is 2.95. The number of hydrogen-bond acceptors (Lipinski definition) is 2. The lowest BCUT2D eigenvalue weighted by atomic mass is 9.88. The quantitative estimate of drug-likeness (QED) is 0.903. The Kier molecular flexibility index (Phi) is 3.51. The molecule has 2 atom stereocenters. The highest BCUT2D eigenvalue weighted by molar-refractivity contribution is 5.34. The zero-order chi connectivity index (χ0) is 13.1. The van der Waals surface area contributed by atoms with E-state index in [1.54, 1.807) is 7.11 Å². The fraction of sp³-hybridized carbons (Fsp3) is 0.294. The van der Waals surface area contributed by atoms with Crippen LogP contribution in [-0.4, -0.2) is 13.7 Å². The first-order valence-electron chi connectivity index (χ1n) is 6.81. The SMILES string of the molecule is COc1cccc([C@H]2NCC[C@H]2c2ccccc2)c1. The second-order valence-electron chi connectivity index (χ2n) is 5.01. The van der Waals surface area contributed by atoms with Gasteiger partial charge >= 0.3 is 0 Å². The third kappa shape index (κ3) is 2.49. The Morgan fingerprint density at radius 3 is 2.58 bits per heavy atom. The van der Waals surface area contributed by atoms with Gasteiger partial charge in [-0.15, -0.1) is 0 Å². The first-order valence-corrected chi connectivity index (χ1v) is 6.81. The first kappa shape index (κ1) is 12.2. The molecule has 0 aromatic heterocycles. The molecule has 3 rings (SSSR count). The molecule has 0 saturated carbocycles. The maximum absolute atomic E-state index is 5.33.